The van der Waals surface area contributed by atoms with E-state index in [-0.39, 0.29) is 12.4 Å². The summed E-state index contributed by atoms with van der Waals surface area (Å²) in [5.41, 5.74) is 3.39. The number of carbonyl (C=O) groups is 1. The van der Waals surface area contributed by atoms with Crippen LogP contribution >= 0.6 is 11.3 Å². The van der Waals surface area contributed by atoms with Gasteiger partial charge in [-0.3, -0.25) is 9.36 Å². The molecule has 4 rings (SSSR count). The number of hydrogen-bond donors (Lipinski definition) is 0. The fourth-order valence-corrected chi connectivity index (χ4v) is 4.31. The van der Waals surface area contributed by atoms with Crippen LogP contribution in [-0.4, -0.2) is 32.1 Å². The van der Waals surface area contributed by atoms with Gasteiger partial charge in [-0.2, -0.15) is 0 Å². The van der Waals surface area contributed by atoms with E-state index in [9.17, 15) is 4.79 Å². The molecule has 0 spiro atoms. The number of Topliss-reactive ketones (excluding diaryl/α,β-unsaturated/α-hetero) is 1. The lowest BCUT2D eigenvalue weighted by Gasteiger charge is -2.07. The number of aromatic nitrogens is 4. The summed E-state index contributed by atoms with van der Waals surface area (Å²) in [7, 11) is 0. The summed E-state index contributed by atoms with van der Waals surface area (Å²) >= 11 is 1.60. The number of rotatable bonds is 5. The lowest BCUT2D eigenvalue weighted by Crippen LogP contribution is -2.13. The Hall–Kier alpha value is -3.00. The number of hydrogen-bond acceptors (Lipinski definition) is 7. The number of fused-ring (bicyclic) bond motifs is 1. The topological polar surface area (TPSA) is 83.0 Å². The highest BCUT2D eigenvalue weighted by Crippen LogP contribution is 2.33. The van der Waals surface area contributed by atoms with Crippen LogP contribution in [0, 0.1) is 34.6 Å². The zero-order valence-electron chi connectivity index (χ0n) is 16.4. The molecule has 0 saturated carbocycles. The van der Waals surface area contributed by atoms with Crippen molar-refractivity contribution in [1.29, 1.82) is 0 Å². The molecule has 0 fully saturated rings. The van der Waals surface area contributed by atoms with Crippen LogP contribution in [0.4, 0.5) is 0 Å². The van der Waals surface area contributed by atoms with E-state index in [1.54, 1.807) is 11.3 Å². The van der Waals surface area contributed by atoms with Gasteiger partial charge < -0.3 is 9.26 Å². The summed E-state index contributed by atoms with van der Waals surface area (Å²) in [5, 5.41) is 4.93. The van der Waals surface area contributed by atoms with E-state index < -0.39 is 0 Å². The smallest absolute Gasteiger partial charge is 0.226 e. The van der Waals surface area contributed by atoms with Crippen LogP contribution < -0.4 is 4.74 Å². The summed E-state index contributed by atoms with van der Waals surface area (Å²) in [6.45, 7) is 9.61. The van der Waals surface area contributed by atoms with Crippen LogP contribution in [0.25, 0.3) is 16.0 Å². The zero-order chi connectivity index (χ0) is 20.0. The minimum Gasteiger partial charge on any atom is -0.469 e. The van der Waals surface area contributed by atoms with Gasteiger partial charge in [-0.1, -0.05) is 5.16 Å². The van der Waals surface area contributed by atoms with Crippen molar-refractivity contribution in [3.63, 3.8) is 0 Å². The molecule has 0 aliphatic rings. The highest BCUT2D eigenvalue weighted by atomic mass is 32.1. The molecule has 0 N–H and O–H groups in total. The molecular weight excluding hydrogens is 376 g/mol. The van der Waals surface area contributed by atoms with Crippen molar-refractivity contribution in [1.82, 2.24) is 19.7 Å². The second-order valence-electron chi connectivity index (χ2n) is 6.77. The molecule has 0 aliphatic heterocycles. The van der Waals surface area contributed by atoms with Crippen LogP contribution in [0.3, 0.4) is 0 Å². The number of nitrogens with zero attached hydrogens (tertiary/aromatic N) is 4. The summed E-state index contributed by atoms with van der Waals surface area (Å²) in [6.07, 6.45) is 1.47. The van der Waals surface area contributed by atoms with Crippen LogP contribution in [0.15, 0.2) is 23.0 Å². The summed E-state index contributed by atoms with van der Waals surface area (Å²) in [4.78, 5) is 23.4. The third kappa shape index (κ3) is 2.99. The Morgan fingerprint density at radius 1 is 1.18 bits per heavy atom. The summed E-state index contributed by atoms with van der Waals surface area (Å²) in [6, 6.07) is 3.69. The van der Waals surface area contributed by atoms with E-state index in [4.69, 9.17) is 9.26 Å². The molecule has 0 saturated heterocycles. The molecular formula is C20H20N4O3S. The molecule has 0 aliphatic carbocycles. The first-order valence-corrected chi connectivity index (χ1v) is 9.67. The van der Waals surface area contributed by atoms with Crippen molar-refractivity contribution in [3.05, 3.63) is 51.6 Å². The maximum atomic E-state index is 12.8. The summed E-state index contributed by atoms with van der Waals surface area (Å²) in [5.74, 6) is 1.71. The summed E-state index contributed by atoms with van der Waals surface area (Å²) < 4.78 is 12.9. The van der Waals surface area contributed by atoms with Crippen molar-refractivity contribution in [2.24, 2.45) is 0 Å². The van der Waals surface area contributed by atoms with Gasteiger partial charge in [-0.25, -0.2) is 9.97 Å². The first kappa shape index (κ1) is 18.4. The lowest BCUT2D eigenvalue weighted by atomic mass is 10.1. The van der Waals surface area contributed by atoms with Gasteiger partial charge in [-0.15, -0.1) is 11.3 Å². The predicted octanol–water partition coefficient (Wildman–Crippen LogP) is 4.27. The molecule has 0 radical (unpaired) electrons. The molecule has 0 atom stereocenters. The van der Waals surface area contributed by atoms with E-state index in [0.29, 0.717) is 23.0 Å². The van der Waals surface area contributed by atoms with Crippen LogP contribution in [0.5, 0.6) is 5.88 Å². The normalized spacial score (nSPS) is 11.3. The molecule has 0 bridgehead atoms. The number of ether oxygens (including phenoxy) is 1. The van der Waals surface area contributed by atoms with Gasteiger partial charge in [-0.05, 0) is 46.2 Å². The molecule has 0 unspecified atom stereocenters. The van der Waals surface area contributed by atoms with Gasteiger partial charge >= 0.3 is 0 Å². The largest absolute Gasteiger partial charge is 0.469 e. The minimum atomic E-state index is -0.115. The second-order valence-corrected chi connectivity index (χ2v) is 7.97. The SMILES string of the molecule is Cc1cc(-n2c(C)cc(C(=O)COc3ncnc4sc(C)c(C)c34)c2C)no1. The molecule has 0 amide bonds. The lowest BCUT2D eigenvalue weighted by molar-refractivity contribution is 0.0918. The maximum absolute atomic E-state index is 12.8. The van der Waals surface area contributed by atoms with Crippen LogP contribution in [-0.2, 0) is 0 Å². The van der Waals surface area contributed by atoms with E-state index >= 15 is 0 Å². The van der Waals surface area contributed by atoms with Gasteiger partial charge in [0.25, 0.3) is 0 Å². The highest BCUT2D eigenvalue weighted by molar-refractivity contribution is 7.18. The van der Waals surface area contributed by atoms with E-state index in [1.807, 2.05) is 51.3 Å². The molecule has 8 heteroatoms. The van der Waals surface area contributed by atoms with E-state index in [2.05, 4.69) is 15.1 Å². The average molecular weight is 396 g/mol. The first-order chi connectivity index (χ1) is 13.4. The fraction of sp³-hybridized carbons (Fsp3) is 0.300. The van der Waals surface area contributed by atoms with E-state index in [1.165, 1.54) is 6.33 Å². The Morgan fingerprint density at radius 2 is 1.96 bits per heavy atom. The highest BCUT2D eigenvalue weighted by Gasteiger charge is 2.20. The molecule has 4 aromatic heterocycles. The number of aryl methyl sites for hydroxylation is 4. The van der Waals surface area contributed by atoms with Crippen molar-refractivity contribution in [2.45, 2.75) is 34.6 Å². The van der Waals surface area contributed by atoms with Crippen molar-refractivity contribution >= 4 is 27.3 Å². The Balaban J connectivity index is 1.60. The standard InChI is InChI=1S/C20H20N4O3S/c1-10-6-15(13(4)24(10)17-7-11(2)27-23-17)16(25)8-26-19-18-12(3)14(5)28-20(18)22-9-21-19/h6-7,9H,8H2,1-5H3. The van der Waals surface area contributed by atoms with Gasteiger partial charge in [0.05, 0.1) is 5.39 Å². The zero-order valence-corrected chi connectivity index (χ0v) is 17.2. The van der Waals surface area contributed by atoms with Crippen molar-refractivity contribution < 1.29 is 14.1 Å². The quantitative estimate of drug-likeness (QED) is 0.468. The van der Waals surface area contributed by atoms with Crippen LogP contribution in [0.1, 0.15) is 37.9 Å². The molecule has 7 nitrogen and oxygen atoms in total. The number of carbonyl (C=O) groups excluding carboxylic acids is 1. The second kappa shape index (κ2) is 6.87. The van der Waals surface area contributed by atoms with Gasteiger partial charge in [0.2, 0.25) is 11.7 Å². The third-order valence-electron chi connectivity index (χ3n) is 4.85. The predicted molar refractivity (Wildman–Crippen MR) is 107 cm³/mol. The van der Waals surface area contributed by atoms with Crippen molar-refractivity contribution in [2.75, 3.05) is 6.61 Å². The van der Waals surface area contributed by atoms with Crippen molar-refractivity contribution in [3.8, 4) is 11.7 Å². The molecule has 144 valence electrons. The Labute approximate surface area is 166 Å². The monoisotopic (exact) mass is 396 g/mol. The molecule has 4 heterocycles. The fourth-order valence-electron chi connectivity index (χ4n) is 3.33. The Bertz CT molecular complexity index is 1200. The van der Waals surface area contributed by atoms with Gasteiger partial charge in [0.1, 0.15) is 16.9 Å². The van der Waals surface area contributed by atoms with E-state index in [0.717, 1.165) is 32.0 Å². The molecule has 4 aromatic rings. The third-order valence-corrected chi connectivity index (χ3v) is 5.96. The minimum absolute atomic E-state index is 0.0947. The van der Waals surface area contributed by atoms with Crippen LogP contribution in [0.2, 0.25) is 0 Å². The Morgan fingerprint density at radius 3 is 2.68 bits per heavy atom. The number of thiophene rings is 1. The first-order valence-electron chi connectivity index (χ1n) is 8.86. The average Bonchev–Trinajstić information content (AvgIpc) is 3.30. The number of ketones is 1. The Kier molecular flexibility index (Phi) is 4.50. The maximum Gasteiger partial charge on any atom is 0.226 e. The molecule has 0 aromatic carbocycles. The molecule has 28 heavy (non-hydrogen) atoms. The van der Waals surface area contributed by atoms with Gasteiger partial charge in [0, 0.05) is 27.9 Å². The van der Waals surface area contributed by atoms with Gasteiger partial charge in [0.15, 0.2) is 12.4 Å².